The van der Waals surface area contributed by atoms with E-state index in [1.807, 2.05) is 25.1 Å². The van der Waals surface area contributed by atoms with Crippen molar-refractivity contribution in [2.45, 2.75) is 20.0 Å². The minimum absolute atomic E-state index is 0.00949. The molecule has 160 valence electrons. The van der Waals surface area contributed by atoms with Crippen molar-refractivity contribution in [3.8, 4) is 0 Å². The lowest BCUT2D eigenvalue weighted by atomic mass is 10.2. The molecule has 0 spiro atoms. The van der Waals surface area contributed by atoms with Gasteiger partial charge in [0, 0.05) is 18.1 Å². The normalized spacial score (nSPS) is 11.5. The molecule has 0 saturated carbocycles. The fourth-order valence-corrected chi connectivity index (χ4v) is 3.85. The molecule has 5 aromatic rings. The molecule has 9 nitrogen and oxygen atoms in total. The molecule has 5 aromatic heterocycles. The summed E-state index contributed by atoms with van der Waals surface area (Å²) in [5.74, 6) is -0.629. The van der Waals surface area contributed by atoms with E-state index >= 15 is 0 Å². The van der Waals surface area contributed by atoms with Gasteiger partial charge in [-0.15, -0.1) is 0 Å². The van der Waals surface area contributed by atoms with Crippen molar-refractivity contribution >= 4 is 21.8 Å². The standard InChI is InChI=1S/C22H18FN7O2/c1-13-5-3-6-14(26-13)11-29-21(31)19-16-9-24-30(12-15-7-4-8-18(23)27-15)22(32)20(16)28(2)17(19)10-25-29/h3-10H,11-12H2,1-2H3. The summed E-state index contributed by atoms with van der Waals surface area (Å²) in [7, 11) is 1.70. The van der Waals surface area contributed by atoms with Crippen molar-refractivity contribution in [2.24, 2.45) is 7.05 Å². The number of nitrogens with zero attached hydrogens (tertiary/aromatic N) is 7. The molecule has 0 aliphatic rings. The van der Waals surface area contributed by atoms with Gasteiger partial charge >= 0.3 is 0 Å². The second-order valence-electron chi connectivity index (χ2n) is 7.52. The average Bonchev–Trinajstić information content (AvgIpc) is 3.05. The minimum Gasteiger partial charge on any atom is -0.338 e. The number of halogens is 1. The van der Waals surface area contributed by atoms with E-state index in [-0.39, 0.29) is 18.6 Å². The quantitative estimate of drug-likeness (QED) is 0.402. The number of aromatic nitrogens is 7. The van der Waals surface area contributed by atoms with E-state index in [0.29, 0.717) is 33.2 Å². The Morgan fingerprint density at radius 1 is 0.875 bits per heavy atom. The summed E-state index contributed by atoms with van der Waals surface area (Å²) >= 11 is 0. The topological polar surface area (TPSA) is 100 Å². The largest absolute Gasteiger partial charge is 0.338 e. The van der Waals surface area contributed by atoms with Crippen LogP contribution < -0.4 is 11.1 Å². The second kappa shape index (κ2) is 7.49. The van der Waals surface area contributed by atoms with Crippen molar-refractivity contribution in [3.63, 3.8) is 0 Å². The Kier molecular flexibility index (Phi) is 4.62. The number of rotatable bonds is 4. The predicted octanol–water partition coefficient (Wildman–Crippen LogP) is 1.78. The van der Waals surface area contributed by atoms with Gasteiger partial charge in [0.2, 0.25) is 5.95 Å². The van der Waals surface area contributed by atoms with Crippen molar-refractivity contribution in [2.75, 3.05) is 0 Å². The highest BCUT2D eigenvalue weighted by atomic mass is 19.1. The Hall–Kier alpha value is -4.21. The van der Waals surface area contributed by atoms with Gasteiger partial charge in [-0.3, -0.25) is 14.6 Å². The molecule has 0 unspecified atom stereocenters. The summed E-state index contributed by atoms with van der Waals surface area (Å²) in [5, 5.41) is 9.29. The molecule has 0 amide bonds. The summed E-state index contributed by atoms with van der Waals surface area (Å²) < 4.78 is 17.6. The summed E-state index contributed by atoms with van der Waals surface area (Å²) in [6.45, 7) is 2.10. The molecular formula is C22H18FN7O2. The van der Waals surface area contributed by atoms with Crippen LogP contribution in [0.5, 0.6) is 0 Å². The van der Waals surface area contributed by atoms with Crippen molar-refractivity contribution in [1.82, 2.24) is 34.1 Å². The SMILES string of the molecule is Cc1cccc(Cn2ncc3c(c2=O)c2cnn(Cc4cccc(F)n4)c(=O)c2n3C)n1. The zero-order chi connectivity index (χ0) is 22.4. The first-order chi connectivity index (χ1) is 15.4. The van der Waals surface area contributed by atoms with Gasteiger partial charge in [0.15, 0.2) is 0 Å². The van der Waals surface area contributed by atoms with Crippen LogP contribution in [-0.2, 0) is 20.1 Å². The van der Waals surface area contributed by atoms with Crippen LogP contribution in [0.3, 0.4) is 0 Å². The van der Waals surface area contributed by atoms with Gasteiger partial charge in [0.05, 0.1) is 47.8 Å². The smallest absolute Gasteiger partial charge is 0.291 e. The van der Waals surface area contributed by atoms with E-state index in [9.17, 15) is 14.0 Å². The molecule has 0 aliphatic carbocycles. The summed E-state index contributed by atoms with van der Waals surface area (Å²) in [6.07, 6.45) is 3.04. The molecule has 0 aliphatic heterocycles. The molecule has 0 radical (unpaired) electrons. The number of hydrogen-bond donors (Lipinski definition) is 0. The Morgan fingerprint density at radius 3 is 2.25 bits per heavy atom. The monoisotopic (exact) mass is 431 g/mol. The first kappa shape index (κ1) is 19.7. The lowest BCUT2D eigenvalue weighted by Crippen LogP contribution is -2.25. The zero-order valence-electron chi connectivity index (χ0n) is 17.4. The average molecular weight is 431 g/mol. The summed E-state index contributed by atoms with van der Waals surface area (Å²) in [6, 6.07) is 9.95. The van der Waals surface area contributed by atoms with Crippen molar-refractivity contribution in [1.29, 1.82) is 0 Å². The van der Waals surface area contributed by atoms with E-state index in [1.54, 1.807) is 23.9 Å². The van der Waals surface area contributed by atoms with Gasteiger partial charge in [-0.05, 0) is 31.2 Å². The lowest BCUT2D eigenvalue weighted by Gasteiger charge is -2.05. The zero-order valence-corrected chi connectivity index (χ0v) is 17.4. The molecule has 0 fully saturated rings. The maximum atomic E-state index is 13.4. The van der Waals surface area contributed by atoms with E-state index in [0.717, 1.165) is 5.69 Å². The van der Waals surface area contributed by atoms with Crippen LogP contribution in [0.25, 0.3) is 21.8 Å². The van der Waals surface area contributed by atoms with Crippen LogP contribution in [0.2, 0.25) is 0 Å². The predicted molar refractivity (Wildman–Crippen MR) is 116 cm³/mol. The Bertz CT molecular complexity index is 1620. The summed E-state index contributed by atoms with van der Waals surface area (Å²) in [4.78, 5) is 34.6. The Balaban J connectivity index is 1.65. The van der Waals surface area contributed by atoms with Crippen molar-refractivity contribution in [3.05, 3.63) is 92.5 Å². The molecule has 0 saturated heterocycles. The third kappa shape index (κ3) is 3.25. The molecule has 5 rings (SSSR count). The van der Waals surface area contributed by atoms with E-state index in [2.05, 4.69) is 20.2 Å². The highest BCUT2D eigenvalue weighted by Crippen LogP contribution is 2.21. The highest BCUT2D eigenvalue weighted by molar-refractivity contribution is 6.06. The molecule has 5 heterocycles. The van der Waals surface area contributed by atoms with Gasteiger partial charge in [0.1, 0.15) is 5.52 Å². The molecule has 32 heavy (non-hydrogen) atoms. The van der Waals surface area contributed by atoms with Gasteiger partial charge < -0.3 is 4.57 Å². The van der Waals surface area contributed by atoms with E-state index in [4.69, 9.17) is 0 Å². The highest BCUT2D eigenvalue weighted by Gasteiger charge is 2.18. The minimum atomic E-state index is -0.629. The van der Waals surface area contributed by atoms with Crippen LogP contribution in [-0.4, -0.2) is 34.1 Å². The van der Waals surface area contributed by atoms with Gasteiger partial charge in [-0.25, -0.2) is 14.3 Å². The maximum absolute atomic E-state index is 13.4. The molecule has 0 bridgehead atoms. The molecular weight excluding hydrogens is 413 g/mol. The van der Waals surface area contributed by atoms with Gasteiger partial charge in [0.25, 0.3) is 11.1 Å². The first-order valence-corrected chi connectivity index (χ1v) is 9.90. The Morgan fingerprint density at radius 2 is 1.53 bits per heavy atom. The summed E-state index contributed by atoms with van der Waals surface area (Å²) in [5.41, 5.74) is 2.03. The van der Waals surface area contributed by atoms with Gasteiger partial charge in [-0.2, -0.15) is 14.6 Å². The number of aryl methyl sites for hydroxylation is 2. The number of hydrogen-bond acceptors (Lipinski definition) is 6. The first-order valence-electron chi connectivity index (χ1n) is 9.90. The molecule has 0 aromatic carbocycles. The molecule has 10 heteroatoms. The lowest BCUT2D eigenvalue weighted by molar-refractivity contribution is 0.562. The molecule has 0 N–H and O–H groups in total. The van der Waals surface area contributed by atoms with Crippen LogP contribution in [0, 0.1) is 12.9 Å². The number of fused-ring (bicyclic) bond motifs is 3. The van der Waals surface area contributed by atoms with E-state index in [1.165, 1.54) is 27.7 Å². The second-order valence-corrected chi connectivity index (χ2v) is 7.52. The molecule has 0 atom stereocenters. The Labute approximate surface area is 180 Å². The van der Waals surface area contributed by atoms with E-state index < -0.39 is 11.5 Å². The number of pyridine rings is 2. The van der Waals surface area contributed by atoms with Crippen LogP contribution in [0.15, 0.2) is 58.4 Å². The van der Waals surface area contributed by atoms with Crippen LogP contribution in [0.4, 0.5) is 4.39 Å². The fraction of sp³-hybridized carbons (Fsp3) is 0.182. The van der Waals surface area contributed by atoms with Crippen molar-refractivity contribution < 1.29 is 4.39 Å². The third-order valence-corrected chi connectivity index (χ3v) is 5.35. The van der Waals surface area contributed by atoms with Gasteiger partial charge in [-0.1, -0.05) is 12.1 Å². The van der Waals surface area contributed by atoms with Crippen LogP contribution >= 0.6 is 0 Å². The fourth-order valence-electron chi connectivity index (χ4n) is 3.85. The van der Waals surface area contributed by atoms with Crippen LogP contribution in [0.1, 0.15) is 17.1 Å². The maximum Gasteiger partial charge on any atom is 0.291 e. The third-order valence-electron chi connectivity index (χ3n) is 5.35.